The summed E-state index contributed by atoms with van der Waals surface area (Å²) >= 11 is 0. The maximum absolute atomic E-state index is 12.4. The molecule has 0 spiro atoms. The third-order valence-corrected chi connectivity index (χ3v) is 5.79. The van der Waals surface area contributed by atoms with Gasteiger partial charge in [0.2, 0.25) is 0 Å². The van der Waals surface area contributed by atoms with Crippen LogP contribution in [0.25, 0.3) is 11.0 Å². The van der Waals surface area contributed by atoms with E-state index in [4.69, 9.17) is 4.42 Å². The van der Waals surface area contributed by atoms with Crippen molar-refractivity contribution in [3.05, 3.63) is 112 Å². The maximum Gasteiger partial charge on any atom is 0.336 e. The lowest BCUT2D eigenvalue weighted by molar-refractivity contribution is 0.187. The molecule has 5 nitrogen and oxygen atoms in total. The van der Waals surface area contributed by atoms with Crippen molar-refractivity contribution in [2.75, 3.05) is 13.2 Å². The number of phenolic OH excluding ortho intramolecular Hbond substituents is 1. The van der Waals surface area contributed by atoms with E-state index in [9.17, 15) is 15.0 Å². The molecule has 1 heterocycles. The van der Waals surface area contributed by atoms with Gasteiger partial charge in [-0.1, -0.05) is 60.7 Å². The van der Waals surface area contributed by atoms with Crippen molar-refractivity contribution in [1.82, 2.24) is 4.90 Å². The fourth-order valence-electron chi connectivity index (χ4n) is 4.22. The van der Waals surface area contributed by atoms with E-state index in [1.165, 1.54) is 6.07 Å². The number of aryl methyl sites for hydroxylation is 1. The van der Waals surface area contributed by atoms with Crippen LogP contribution in [0, 0.1) is 6.92 Å². The van der Waals surface area contributed by atoms with Crippen LogP contribution in [0.1, 0.15) is 34.7 Å². The van der Waals surface area contributed by atoms with Crippen molar-refractivity contribution >= 4 is 11.0 Å². The number of benzene rings is 3. The van der Waals surface area contributed by atoms with Gasteiger partial charge in [-0.15, -0.1) is 0 Å². The lowest BCUT2D eigenvalue weighted by atomic mass is 9.95. The summed E-state index contributed by atoms with van der Waals surface area (Å²) in [4.78, 5) is 14.6. The Morgan fingerprint density at radius 3 is 2.16 bits per heavy atom. The normalized spacial score (nSPS) is 11.5. The quantitative estimate of drug-likeness (QED) is 0.394. The van der Waals surface area contributed by atoms with Gasteiger partial charge in [-0.25, -0.2) is 4.79 Å². The van der Waals surface area contributed by atoms with E-state index in [1.54, 1.807) is 19.1 Å². The molecule has 4 rings (SSSR count). The molecule has 2 N–H and O–H groups in total. The number of nitrogens with zero attached hydrogens (tertiary/aromatic N) is 1. The van der Waals surface area contributed by atoms with Crippen LogP contribution in [-0.2, 0) is 6.54 Å². The molecule has 5 heteroatoms. The topological polar surface area (TPSA) is 73.9 Å². The Kier molecular flexibility index (Phi) is 6.69. The summed E-state index contributed by atoms with van der Waals surface area (Å²) < 4.78 is 5.43. The van der Waals surface area contributed by atoms with Crippen LogP contribution in [0.3, 0.4) is 0 Å². The number of aromatic hydroxyl groups is 1. The Labute approximate surface area is 187 Å². The molecule has 3 aromatic carbocycles. The monoisotopic (exact) mass is 429 g/mol. The summed E-state index contributed by atoms with van der Waals surface area (Å²) in [5.41, 5.74) is 3.61. The Balaban J connectivity index is 1.83. The van der Waals surface area contributed by atoms with E-state index in [0.717, 1.165) is 22.1 Å². The number of rotatable bonds is 8. The summed E-state index contributed by atoms with van der Waals surface area (Å²) in [6.07, 6.45) is 0.607. The van der Waals surface area contributed by atoms with E-state index >= 15 is 0 Å². The van der Waals surface area contributed by atoms with Gasteiger partial charge < -0.3 is 14.6 Å². The molecule has 1 aromatic heterocycles. The van der Waals surface area contributed by atoms with Gasteiger partial charge in [0.1, 0.15) is 11.3 Å². The fourth-order valence-corrected chi connectivity index (χ4v) is 4.22. The molecule has 0 radical (unpaired) electrons. The van der Waals surface area contributed by atoms with Crippen molar-refractivity contribution in [2.24, 2.45) is 0 Å². The van der Waals surface area contributed by atoms with E-state index < -0.39 is 5.63 Å². The molecule has 0 aliphatic carbocycles. The van der Waals surface area contributed by atoms with Crippen LogP contribution >= 0.6 is 0 Å². The van der Waals surface area contributed by atoms with E-state index in [0.29, 0.717) is 30.7 Å². The van der Waals surface area contributed by atoms with Gasteiger partial charge >= 0.3 is 5.63 Å². The molecule has 32 heavy (non-hydrogen) atoms. The second-order valence-corrected chi connectivity index (χ2v) is 7.95. The average molecular weight is 430 g/mol. The van der Waals surface area contributed by atoms with Gasteiger partial charge in [0.25, 0.3) is 0 Å². The minimum Gasteiger partial charge on any atom is -0.508 e. The molecule has 0 amide bonds. The van der Waals surface area contributed by atoms with Crippen molar-refractivity contribution < 1.29 is 14.6 Å². The van der Waals surface area contributed by atoms with Crippen LogP contribution in [0.2, 0.25) is 0 Å². The zero-order valence-electron chi connectivity index (χ0n) is 18.1. The number of aliphatic hydroxyl groups is 1. The van der Waals surface area contributed by atoms with Gasteiger partial charge in [-0.05, 0) is 42.2 Å². The van der Waals surface area contributed by atoms with Crippen molar-refractivity contribution in [1.29, 1.82) is 0 Å². The Morgan fingerprint density at radius 2 is 1.56 bits per heavy atom. The minimum absolute atomic E-state index is 0.0514. The molecule has 0 unspecified atom stereocenters. The third kappa shape index (κ3) is 4.59. The Hall–Kier alpha value is -3.41. The first kappa shape index (κ1) is 21.8. The molecule has 0 aliphatic heterocycles. The number of hydrogen-bond donors (Lipinski definition) is 2. The molecule has 0 fully saturated rings. The van der Waals surface area contributed by atoms with Crippen molar-refractivity contribution in [3.63, 3.8) is 0 Å². The van der Waals surface area contributed by atoms with Crippen LogP contribution in [0.4, 0.5) is 0 Å². The second kappa shape index (κ2) is 9.81. The first-order chi connectivity index (χ1) is 15.6. The summed E-state index contributed by atoms with van der Waals surface area (Å²) in [6.45, 7) is 2.95. The number of hydrogen-bond acceptors (Lipinski definition) is 5. The van der Waals surface area contributed by atoms with Crippen LogP contribution in [-0.4, -0.2) is 28.3 Å². The van der Waals surface area contributed by atoms with Gasteiger partial charge in [0.15, 0.2) is 0 Å². The van der Waals surface area contributed by atoms with Gasteiger partial charge in [0.05, 0.1) is 6.04 Å². The Morgan fingerprint density at radius 1 is 0.938 bits per heavy atom. The molecule has 0 saturated heterocycles. The summed E-state index contributed by atoms with van der Waals surface area (Å²) in [5.74, 6) is 0.0985. The maximum atomic E-state index is 12.4. The molecule has 4 aromatic rings. The largest absolute Gasteiger partial charge is 0.508 e. The molecule has 0 bridgehead atoms. The van der Waals surface area contributed by atoms with Gasteiger partial charge in [-0.3, -0.25) is 4.90 Å². The van der Waals surface area contributed by atoms with Gasteiger partial charge in [0, 0.05) is 36.7 Å². The number of fused-ring (bicyclic) bond motifs is 1. The highest BCUT2D eigenvalue weighted by Crippen LogP contribution is 2.33. The predicted octanol–water partition coefficient (Wildman–Crippen LogP) is 4.78. The predicted molar refractivity (Wildman–Crippen MR) is 126 cm³/mol. The highest BCUT2D eigenvalue weighted by atomic mass is 16.4. The molecule has 0 aliphatic rings. The van der Waals surface area contributed by atoms with Crippen LogP contribution in [0.5, 0.6) is 5.75 Å². The molecule has 0 saturated carbocycles. The zero-order chi connectivity index (χ0) is 22.5. The van der Waals surface area contributed by atoms with Crippen LogP contribution < -0.4 is 5.63 Å². The lowest BCUT2D eigenvalue weighted by Crippen LogP contribution is -2.31. The van der Waals surface area contributed by atoms with E-state index in [1.807, 2.05) is 36.4 Å². The summed E-state index contributed by atoms with van der Waals surface area (Å²) in [6, 6.07) is 25.4. The molecule has 0 atom stereocenters. The minimum atomic E-state index is -0.445. The highest BCUT2D eigenvalue weighted by Gasteiger charge is 2.23. The smallest absolute Gasteiger partial charge is 0.336 e. The lowest BCUT2D eigenvalue weighted by Gasteiger charge is -2.33. The van der Waals surface area contributed by atoms with E-state index in [-0.39, 0.29) is 18.4 Å². The summed E-state index contributed by atoms with van der Waals surface area (Å²) in [5, 5.41) is 20.4. The molecular formula is C27H27NO4. The average Bonchev–Trinajstić information content (AvgIpc) is 2.81. The zero-order valence-corrected chi connectivity index (χ0v) is 18.1. The van der Waals surface area contributed by atoms with Gasteiger partial charge in [-0.2, -0.15) is 0 Å². The van der Waals surface area contributed by atoms with Crippen molar-refractivity contribution in [2.45, 2.75) is 25.9 Å². The SMILES string of the molecule is Cc1c(O)ccc2c(CN(CCCO)C(c3ccccc3)c3ccccc3)cc(=O)oc12. The first-order valence-corrected chi connectivity index (χ1v) is 10.8. The molecule has 164 valence electrons. The highest BCUT2D eigenvalue weighted by molar-refractivity contribution is 5.84. The molecular weight excluding hydrogens is 402 g/mol. The first-order valence-electron chi connectivity index (χ1n) is 10.8. The number of phenols is 1. The van der Waals surface area contributed by atoms with Crippen LogP contribution in [0.15, 0.2) is 88.1 Å². The van der Waals surface area contributed by atoms with Crippen molar-refractivity contribution in [3.8, 4) is 5.75 Å². The third-order valence-electron chi connectivity index (χ3n) is 5.79. The number of aliphatic hydroxyl groups excluding tert-OH is 1. The second-order valence-electron chi connectivity index (χ2n) is 7.95. The van der Waals surface area contributed by atoms with E-state index in [2.05, 4.69) is 29.2 Å². The summed E-state index contributed by atoms with van der Waals surface area (Å²) in [7, 11) is 0. The Bertz CT molecular complexity index is 1200. The fraction of sp³-hybridized carbons (Fsp3) is 0.222. The standard InChI is InChI=1S/C27H27NO4/c1-19-24(30)14-13-23-22(17-25(31)32-27(19)23)18-28(15-8-16-29)26(20-9-4-2-5-10-20)21-11-6-3-7-12-21/h2-7,9-14,17,26,29-30H,8,15-16,18H2,1H3.